The number of esters is 1. The second kappa shape index (κ2) is 8.08. The molecule has 1 atom stereocenters. The van der Waals surface area contributed by atoms with Gasteiger partial charge >= 0.3 is 5.97 Å². The number of benzene rings is 1. The molecule has 1 unspecified atom stereocenters. The average molecular weight is 378 g/mol. The Morgan fingerprint density at radius 3 is 2.44 bits per heavy atom. The Bertz CT molecular complexity index is 846. The van der Waals surface area contributed by atoms with Crippen LogP contribution in [0.1, 0.15) is 39.2 Å². The van der Waals surface area contributed by atoms with E-state index in [1.165, 1.54) is 6.92 Å². The quantitative estimate of drug-likeness (QED) is 0.789. The summed E-state index contributed by atoms with van der Waals surface area (Å²) in [5.74, 6) is -4.48. The van der Waals surface area contributed by atoms with Crippen LogP contribution in [0.3, 0.4) is 0 Å². The van der Waals surface area contributed by atoms with Gasteiger partial charge in [-0.05, 0) is 45.4 Å². The van der Waals surface area contributed by atoms with Crippen molar-refractivity contribution in [1.29, 1.82) is 5.26 Å². The molecule has 8 heteroatoms. The molecule has 144 valence electrons. The van der Waals surface area contributed by atoms with E-state index in [9.17, 15) is 18.8 Å². The number of hydrogen-bond donors (Lipinski definition) is 1. The SMILES string of the molecule is CCOC(=O)C1=C(C)OC(N)=C(C#N)C1c1cc(F)c(OC(C)C)c(F)c1. The van der Waals surface area contributed by atoms with Gasteiger partial charge in [0.05, 0.1) is 24.2 Å². The second-order valence-electron chi connectivity index (χ2n) is 6.10. The molecule has 0 radical (unpaired) electrons. The summed E-state index contributed by atoms with van der Waals surface area (Å²) in [7, 11) is 0. The first-order chi connectivity index (χ1) is 12.7. The third-order valence-electron chi connectivity index (χ3n) is 3.81. The number of carbonyl (C=O) groups is 1. The number of carbonyl (C=O) groups excluding carboxylic acids is 1. The van der Waals surface area contributed by atoms with Crippen LogP contribution in [0.5, 0.6) is 5.75 Å². The summed E-state index contributed by atoms with van der Waals surface area (Å²) < 4.78 is 44.4. The molecule has 1 aliphatic heterocycles. The Morgan fingerprint density at radius 2 is 1.96 bits per heavy atom. The maximum absolute atomic E-state index is 14.5. The van der Waals surface area contributed by atoms with E-state index in [0.29, 0.717) is 0 Å². The Hall–Kier alpha value is -3.08. The fourth-order valence-electron chi connectivity index (χ4n) is 2.78. The summed E-state index contributed by atoms with van der Waals surface area (Å²) in [5.41, 5.74) is 5.59. The van der Waals surface area contributed by atoms with E-state index in [1.54, 1.807) is 20.8 Å². The van der Waals surface area contributed by atoms with E-state index in [4.69, 9.17) is 19.9 Å². The molecule has 2 N–H and O–H groups in total. The van der Waals surface area contributed by atoms with Crippen LogP contribution in [0.25, 0.3) is 0 Å². The van der Waals surface area contributed by atoms with Gasteiger partial charge in [0.15, 0.2) is 17.4 Å². The average Bonchev–Trinajstić information content (AvgIpc) is 2.57. The first-order valence-electron chi connectivity index (χ1n) is 8.32. The van der Waals surface area contributed by atoms with Crippen LogP contribution < -0.4 is 10.5 Å². The van der Waals surface area contributed by atoms with Gasteiger partial charge in [-0.1, -0.05) is 0 Å². The molecule has 0 saturated heterocycles. The van der Waals surface area contributed by atoms with Gasteiger partial charge in [-0.3, -0.25) is 0 Å². The van der Waals surface area contributed by atoms with Crippen LogP contribution in [0, 0.1) is 23.0 Å². The van der Waals surface area contributed by atoms with Crippen molar-refractivity contribution < 1.29 is 27.8 Å². The van der Waals surface area contributed by atoms with Crippen molar-refractivity contribution in [3.63, 3.8) is 0 Å². The lowest BCUT2D eigenvalue weighted by atomic mass is 9.83. The Balaban J connectivity index is 2.65. The minimum atomic E-state index is -1.13. The third-order valence-corrected chi connectivity index (χ3v) is 3.81. The molecule has 1 aliphatic rings. The molecule has 1 heterocycles. The highest BCUT2D eigenvalue weighted by molar-refractivity contribution is 5.92. The highest BCUT2D eigenvalue weighted by Crippen LogP contribution is 2.41. The van der Waals surface area contributed by atoms with E-state index >= 15 is 0 Å². The number of nitriles is 1. The van der Waals surface area contributed by atoms with Crippen molar-refractivity contribution in [2.45, 2.75) is 39.7 Å². The lowest BCUT2D eigenvalue weighted by Gasteiger charge is -2.27. The summed E-state index contributed by atoms with van der Waals surface area (Å²) in [5, 5.41) is 9.47. The van der Waals surface area contributed by atoms with Crippen LogP contribution in [0.4, 0.5) is 8.78 Å². The largest absolute Gasteiger partial charge is 0.485 e. The van der Waals surface area contributed by atoms with Crippen LogP contribution in [0.2, 0.25) is 0 Å². The predicted molar refractivity (Wildman–Crippen MR) is 92.1 cm³/mol. The summed E-state index contributed by atoms with van der Waals surface area (Å²) in [6, 6.07) is 3.86. The standard InChI is InChI=1S/C19H20F2N2O4/c1-5-25-19(24)15-10(4)27-18(23)12(8-22)16(15)11-6-13(20)17(14(21)7-11)26-9(2)3/h6-7,9,16H,5,23H2,1-4H3. The van der Waals surface area contributed by atoms with Gasteiger partial charge < -0.3 is 19.9 Å². The maximum atomic E-state index is 14.5. The van der Waals surface area contributed by atoms with E-state index in [1.807, 2.05) is 6.07 Å². The first kappa shape index (κ1) is 20.2. The summed E-state index contributed by atoms with van der Waals surface area (Å²) in [6.07, 6.45) is -0.439. The molecular weight excluding hydrogens is 358 g/mol. The smallest absolute Gasteiger partial charge is 0.338 e. The van der Waals surface area contributed by atoms with E-state index in [2.05, 4.69) is 0 Å². The predicted octanol–water partition coefficient (Wildman–Crippen LogP) is 3.40. The van der Waals surface area contributed by atoms with Gasteiger partial charge in [-0.15, -0.1) is 0 Å². The Labute approximate surface area is 155 Å². The molecule has 6 nitrogen and oxygen atoms in total. The Kier molecular flexibility index (Phi) is 6.05. The number of nitrogens with two attached hydrogens (primary N) is 1. The molecule has 27 heavy (non-hydrogen) atoms. The fraction of sp³-hybridized carbons (Fsp3) is 0.368. The monoisotopic (exact) mass is 378 g/mol. The normalized spacial score (nSPS) is 16.9. The lowest BCUT2D eigenvalue weighted by Crippen LogP contribution is -2.25. The van der Waals surface area contributed by atoms with Crippen LogP contribution in [0.15, 0.2) is 34.9 Å². The number of rotatable bonds is 5. The highest BCUT2D eigenvalue weighted by Gasteiger charge is 2.37. The highest BCUT2D eigenvalue weighted by atomic mass is 19.1. The minimum absolute atomic E-state index is 0.0197. The molecule has 0 saturated carbocycles. The topological polar surface area (TPSA) is 94.6 Å². The number of hydrogen-bond acceptors (Lipinski definition) is 6. The van der Waals surface area contributed by atoms with Gasteiger partial charge in [0, 0.05) is 0 Å². The molecule has 1 aromatic rings. The van der Waals surface area contributed by atoms with E-state index < -0.39 is 35.4 Å². The van der Waals surface area contributed by atoms with Gasteiger partial charge in [-0.2, -0.15) is 5.26 Å². The lowest BCUT2D eigenvalue weighted by molar-refractivity contribution is -0.139. The van der Waals surface area contributed by atoms with Gasteiger partial charge in [0.1, 0.15) is 17.4 Å². The van der Waals surface area contributed by atoms with Crippen molar-refractivity contribution in [1.82, 2.24) is 0 Å². The maximum Gasteiger partial charge on any atom is 0.338 e. The molecule has 1 aromatic carbocycles. The van der Waals surface area contributed by atoms with Gasteiger partial charge in [0.25, 0.3) is 0 Å². The molecule has 0 amide bonds. The van der Waals surface area contributed by atoms with Crippen molar-refractivity contribution in [2.24, 2.45) is 5.73 Å². The zero-order valence-electron chi connectivity index (χ0n) is 15.4. The van der Waals surface area contributed by atoms with Crippen LogP contribution >= 0.6 is 0 Å². The van der Waals surface area contributed by atoms with Gasteiger partial charge in [0.2, 0.25) is 5.88 Å². The molecular formula is C19H20F2N2O4. The summed E-state index contributed by atoms with van der Waals surface area (Å²) >= 11 is 0. The number of allylic oxidation sites excluding steroid dienone is 2. The van der Waals surface area contributed by atoms with E-state index in [-0.39, 0.29) is 35.0 Å². The zero-order valence-corrected chi connectivity index (χ0v) is 15.4. The van der Waals surface area contributed by atoms with Crippen molar-refractivity contribution in [3.8, 4) is 11.8 Å². The minimum Gasteiger partial charge on any atom is -0.485 e. The van der Waals surface area contributed by atoms with Crippen molar-refractivity contribution in [2.75, 3.05) is 6.61 Å². The van der Waals surface area contributed by atoms with Gasteiger partial charge in [-0.25, -0.2) is 13.6 Å². The second-order valence-corrected chi connectivity index (χ2v) is 6.10. The molecule has 2 rings (SSSR count). The third kappa shape index (κ3) is 4.03. The fourth-order valence-corrected chi connectivity index (χ4v) is 2.78. The summed E-state index contributed by atoms with van der Waals surface area (Å²) in [6.45, 7) is 6.41. The van der Waals surface area contributed by atoms with Crippen molar-refractivity contribution >= 4 is 5.97 Å². The number of nitrogens with zero attached hydrogens (tertiary/aromatic N) is 1. The molecule has 0 bridgehead atoms. The molecule has 0 fully saturated rings. The molecule has 0 spiro atoms. The van der Waals surface area contributed by atoms with E-state index in [0.717, 1.165) is 12.1 Å². The molecule has 0 aromatic heterocycles. The first-order valence-corrected chi connectivity index (χ1v) is 8.32. The van der Waals surface area contributed by atoms with Crippen molar-refractivity contribution in [3.05, 3.63) is 52.1 Å². The van der Waals surface area contributed by atoms with Crippen LogP contribution in [-0.2, 0) is 14.3 Å². The van der Waals surface area contributed by atoms with Crippen LogP contribution in [-0.4, -0.2) is 18.7 Å². The number of ether oxygens (including phenoxy) is 3. The summed E-state index contributed by atoms with van der Waals surface area (Å²) in [4.78, 5) is 12.4. The number of halogens is 2. The Morgan fingerprint density at radius 1 is 1.37 bits per heavy atom. The zero-order chi connectivity index (χ0) is 20.3. The molecule has 0 aliphatic carbocycles.